The molecule has 1 heterocycles. The molecule has 1 N–H and O–H groups in total. The van der Waals surface area contributed by atoms with Gasteiger partial charge in [-0.25, -0.2) is 0 Å². The first-order valence-corrected chi connectivity index (χ1v) is 9.58. The number of hydrogen-bond acceptors (Lipinski definition) is 2. The fraction of sp³-hybridized carbons (Fsp3) is 0.167. The number of para-hydroxylation sites is 1. The molecule has 28 heavy (non-hydrogen) atoms. The van der Waals surface area contributed by atoms with E-state index in [1.165, 1.54) is 5.56 Å². The van der Waals surface area contributed by atoms with Crippen LogP contribution in [0, 0.1) is 0 Å². The number of carbonyl (C=O) groups excluding carboxylic acids is 1. The number of benzene rings is 3. The summed E-state index contributed by atoms with van der Waals surface area (Å²) in [6.07, 6.45) is 0.814. The predicted molar refractivity (Wildman–Crippen MR) is 113 cm³/mol. The van der Waals surface area contributed by atoms with E-state index >= 15 is 0 Å². The Morgan fingerprint density at radius 3 is 2.32 bits per heavy atom. The first kappa shape index (κ1) is 18.0. The minimum Gasteiger partial charge on any atom is -0.354 e. The summed E-state index contributed by atoms with van der Waals surface area (Å²) in [5.41, 5.74) is 4.13. The zero-order valence-corrected chi connectivity index (χ0v) is 15.9. The van der Waals surface area contributed by atoms with Gasteiger partial charge in [-0.1, -0.05) is 78.9 Å². The van der Waals surface area contributed by atoms with Gasteiger partial charge in [-0.3, -0.25) is 9.48 Å². The summed E-state index contributed by atoms with van der Waals surface area (Å²) in [5.74, 6) is -0.0243. The van der Waals surface area contributed by atoms with Crippen LogP contribution < -0.4 is 5.32 Å². The van der Waals surface area contributed by atoms with Gasteiger partial charge in [0, 0.05) is 17.5 Å². The lowest BCUT2D eigenvalue weighted by atomic mass is 10.1. The van der Waals surface area contributed by atoms with Crippen molar-refractivity contribution in [3.05, 3.63) is 90.5 Å². The van der Waals surface area contributed by atoms with Crippen LogP contribution in [-0.4, -0.2) is 22.2 Å². The number of fused-ring (bicyclic) bond motifs is 1. The minimum absolute atomic E-state index is 0.0243. The summed E-state index contributed by atoms with van der Waals surface area (Å²) in [4.78, 5) is 12.8. The Morgan fingerprint density at radius 1 is 0.929 bits per heavy atom. The van der Waals surface area contributed by atoms with Crippen molar-refractivity contribution >= 4 is 16.8 Å². The molecule has 1 amide bonds. The Bertz CT molecular complexity index is 1070. The van der Waals surface area contributed by atoms with Crippen molar-refractivity contribution < 1.29 is 4.79 Å². The van der Waals surface area contributed by atoms with Gasteiger partial charge >= 0.3 is 0 Å². The number of amides is 1. The molecule has 3 aromatic carbocycles. The van der Waals surface area contributed by atoms with Crippen molar-refractivity contribution in [2.24, 2.45) is 0 Å². The second-order valence-corrected chi connectivity index (χ2v) is 6.88. The largest absolute Gasteiger partial charge is 0.354 e. The summed E-state index contributed by atoms with van der Waals surface area (Å²) in [6, 6.07) is 27.9. The molecular formula is C24H23N3O. The van der Waals surface area contributed by atoms with Crippen LogP contribution in [0.15, 0.2) is 84.9 Å². The molecule has 4 heteroatoms. The number of carbonyl (C=O) groups is 1. The lowest BCUT2D eigenvalue weighted by molar-refractivity contribution is -0.123. The Hall–Kier alpha value is -3.40. The van der Waals surface area contributed by atoms with Gasteiger partial charge in [-0.2, -0.15) is 5.10 Å². The molecule has 0 fully saturated rings. The van der Waals surface area contributed by atoms with E-state index in [0.29, 0.717) is 6.54 Å². The van der Waals surface area contributed by atoms with Gasteiger partial charge < -0.3 is 5.32 Å². The standard InChI is InChI=1S/C24H23N3O/c1-18(24(28)25-17-16-19-10-4-2-5-11-19)27-22-15-9-8-14-21(22)23(26-27)20-12-6-3-7-13-20/h2-15,18H,16-17H2,1H3,(H,25,28)/t18-/m1/s1. The summed E-state index contributed by atoms with van der Waals surface area (Å²) in [6.45, 7) is 2.50. The van der Waals surface area contributed by atoms with E-state index in [0.717, 1.165) is 28.6 Å². The topological polar surface area (TPSA) is 46.9 Å². The van der Waals surface area contributed by atoms with E-state index in [4.69, 9.17) is 5.10 Å². The van der Waals surface area contributed by atoms with Crippen molar-refractivity contribution in [3.63, 3.8) is 0 Å². The Morgan fingerprint density at radius 2 is 1.57 bits per heavy atom. The molecule has 1 atom stereocenters. The number of nitrogens with one attached hydrogen (secondary N) is 1. The molecule has 1 aromatic heterocycles. The van der Waals surface area contributed by atoms with Crippen LogP contribution in [0.1, 0.15) is 18.5 Å². The second-order valence-electron chi connectivity index (χ2n) is 6.88. The Balaban J connectivity index is 1.55. The van der Waals surface area contributed by atoms with Gasteiger partial charge in [-0.15, -0.1) is 0 Å². The van der Waals surface area contributed by atoms with Gasteiger partial charge in [0.15, 0.2) is 0 Å². The lowest BCUT2D eigenvalue weighted by Crippen LogP contribution is -2.32. The third kappa shape index (κ3) is 3.67. The van der Waals surface area contributed by atoms with Crippen LogP contribution in [0.25, 0.3) is 22.2 Å². The van der Waals surface area contributed by atoms with E-state index < -0.39 is 6.04 Å². The van der Waals surface area contributed by atoms with E-state index in [-0.39, 0.29) is 5.91 Å². The molecule has 4 nitrogen and oxygen atoms in total. The molecule has 0 radical (unpaired) electrons. The molecule has 0 spiro atoms. The number of aromatic nitrogens is 2. The molecule has 0 unspecified atom stereocenters. The SMILES string of the molecule is C[C@H](C(=O)NCCc1ccccc1)n1nc(-c2ccccc2)c2ccccc21. The third-order valence-corrected chi connectivity index (χ3v) is 4.96. The van der Waals surface area contributed by atoms with E-state index in [1.807, 2.05) is 78.3 Å². The molecule has 0 aliphatic heterocycles. The van der Waals surface area contributed by atoms with Gasteiger partial charge in [-0.05, 0) is 25.0 Å². The highest BCUT2D eigenvalue weighted by Gasteiger charge is 2.20. The second kappa shape index (κ2) is 8.09. The Kier molecular flexibility index (Phi) is 5.20. The summed E-state index contributed by atoms with van der Waals surface area (Å²) >= 11 is 0. The van der Waals surface area contributed by atoms with Crippen LogP contribution in [0.3, 0.4) is 0 Å². The normalized spacial score (nSPS) is 12.0. The quantitative estimate of drug-likeness (QED) is 0.539. The van der Waals surface area contributed by atoms with Crippen LogP contribution >= 0.6 is 0 Å². The monoisotopic (exact) mass is 369 g/mol. The fourth-order valence-corrected chi connectivity index (χ4v) is 3.43. The predicted octanol–water partition coefficient (Wildman–Crippen LogP) is 4.62. The van der Waals surface area contributed by atoms with Crippen LogP contribution in [0.2, 0.25) is 0 Å². The molecular weight excluding hydrogens is 346 g/mol. The van der Waals surface area contributed by atoms with Crippen molar-refractivity contribution in [3.8, 4) is 11.3 Å². The highest BCUT2D eigenvalue weighted by atomic mass is 16.2. The average Bonchev–Trinajstić information content (AvgIpc) is 3.14. The summed E-state index contributed by atoms with van der Waals surface area (Å²) in [7, 11) is 0. The molecule has 4 rings (SSSR count). The van der Waals surface area contributed by atoms with Crippen molar-refractivity contribution in [1.29, 1.82) is 0 Å². The molecule has 0 saturated heterocycles. The van der Waals surface area contributed by atoms with Crippen molar-refractivity contribution in [2.45, 2.75) is 19.4 Å². The number of hydrogen-bond donors (Lipinski definition) is 1. The zero-order valence-electron chi connectivity index (χ0n) is 15.9. The van der Waals surface area contributed by atoms with Crippen LogP contribution in [0.5, 0.6) is 0 Å². The number of nitrogens with zero attached hydrogens (tertiary/aromatic N) is 2. The van der Waals surface area contributed by atoms with Gasteiger partial charge in [0.05, 0.1) is 5.52 Å². The smallest absolute Gasteiger partial charge is 0.244 e. The van der Waals surface area contributed by atoms with Gasteiger partial charge in [0.25, 0.3) is 0 Å². The maximum absolute atomic E-state index is 12.8. The Labute approximate surface area is 164 Å². The molecule has 140 valence electrons. The summed E-state index contributed by atoms with van der Waals surface area (Å²) in [5, 5.41) is 8.90. The average molecular weight is 369 g/mol. The maximum Gasteiger partial charge on any atom is 0.244 e. The molecule has 0 aliphatic carbocycles. The van der Waals surface area contributed by atoms with E-state index in [9.17, 15) is 4.79 Å². The first-order chi connectivity index (χ1) is 13.7. The highest BCUT2D eigenvalue weighted by Crippen LogP contribution is 2.29. The third-order valence-electron chi connectivity index (χ3n) is 4.96. The lowest BCUT2D eigenvalue weighted by Gasteiger charge is -2.14. The van der Waals surface area contributed by atoms with Crippen LogP contribution in [0.4, 0.5) is 0 Å². The fourth-order valence-electron chi connectivity index (χ4n) is 3.43. The van der Waals surface area contributed by atoms with Crippen LogP contribution in [-0.2, 0) is 11.2 Å². The molecule has 4 aromatic rings. The molecule has 0 bridgehead atoms. The van der Waals surface area contributed by atoms with E-state index in [1.54, 1.807) is 0 Å². The van der Waals surface area contributed by atoms with Gasteiger partial charge in [0.1, 0.15) is 11.7 Å². The maximum atomic E-state index is 12.8. The van der Waals surface area contributed by atoms with Crippen molar-refractivity contribution in [1.82, 2.24) is 15.1 Å². The minimum atomic E-state index is -0.391. The zero-order chi connectivity index (χ0) is 19.3. The highest BCUT2D eigenvalue weighted by molar-refractivity contribution is 5.94. The first-order valence-electron chi connectivity index (χ1n) is 9.58. The number of rotatable bonds is 6. The van der Waals surface area contributed by atoms with Gasteiger partial charge in [0.2, 0.25) is 5.91 Å². The molecule has 0 saturated carbocycles. The van der Waals surface area contributed by atoms with Crippen molar-refractivity contribution in [2.75, 3.05) is 6.54 Å². The molecule has 0 aliphatic rings. The summed E-state index contributed by atoms with van der Waals surface area (Å²) < 4.78 is 1.83. The van der Waals surface area contributed by atoms with E-state index in [2.05, 4.69) is 23.5 Å².